The average Bonchev–Trinajstić information content (AvgIpc) is 2.63. The summed E-state index contributed by atoms with van der Waals surface area (Å²) in [5.41, 5.74) is 1.05. The van der Waals surface area contributed by atoms with Gasteiger partial charge in [0.2, 0.25) is 0 Å². The quantitative estimate of drug-likeness (QED) is 0.661. The van der Waals surface area contributed by atoms with Gasteiger partial charge >= 0.3 is 5.97 Å². The molecule has 0 atom stereocenters. The second kappa shape index (κ2) is 8.97. The molecule has 1 aliphatic heterocycles. The lowest BCUT2D eigenvalue weighted by Gasteiger charge is -2.36. The first-order chi connectivity index (χ1) is 13.1. The molecule has 0 spiro atoms. The molecular formula is C20H22ClNO5. The summed E-state index contributed by atoms with van der Waals surface area (Å²) in [6, 6.07) is 13.0. The van der Waals surface area contributed by atoms with Gasteiger partial charge in [0.15, 0.2) is 11.5 Å². The number of carbonyl (C=O) groups is 1. The van der Waals surface area contributed by atoms with E-state index in [4.69, 9.17) is 30.9 Å². The van der Waals surface area contributed by atoms with Crippen LogP contribution in [0.25, 0.3) is 0 Å². The van der Waals surface area contributed by atoms with Crippen molar-refractivity contribution in [2.45, 2.75) is 6.54 Å². The lowest BCUT2D eigenvalue weighted by Crippen LogP contribution is -2.49. The molecular weight excluding hydrogens is 370 g/mol. The normalized spacial score (nSPS) is 14.4. The van der Waals surface area contributed by atoms with Gasteiger partial charge in [0, 0.05) is 19.6 Å². The van der Waals surface area contributed by atoms with Gasteiger partial charge in [-0.2, -0.15) is 0 Å². The molecule has 0 bridgehead atoms. The van der Waals surface area contributed by atoms with Crippen LogP contribution in [0.15, 0.2) is 42.5 Å². The fourth-order valence-corrected chi connectivity index (χ4v) is 3.10. The van der Waals surface area contributed by atoms with Gasteiger partial charge in [-0.25, -0.2) is 0 Å². The third-order valence-electron chi connectivity index (χ3n) is 4.38. The molecule has 7 heteroatoms. The minimum atomic E-state index is -0.730. The van der Waals surface area contributed by atoms with Gasteiger partial charge in [-0.1, -0.05) is 29.8 Å². The number of halogens is 1. The number of benzene rings is 2. The van der Waals surface area contributed by atoms with Crippen molar-refractivity contribution in [3.63, 3.8) is 0 Å². The molecule has 3 rings (SSSR count). The lowest BCUT2D eigenvalue weighted by atomic mass is 9.99. The molecule has 0 unspecified atom stereocenters. The van der Waals surface area contributed by atoms with Crippen LogP contribution in [0, 0.1) is 5.92 Å². The predicted octanol–water partition coefficient (Wildman–Crippen LogP) is 3.32. The van der Waals surface area contributed by atoms with Crippen LogP contribution < -0.4 is 14.2 Å². The van der Waals surface area contributed by atoms with Gasteiger partial charge in [-0.05, 0) is 29.8 Å². The van der Waals surface area contributed by atoms with Crippen molar-refractivity contribution in [2.75, 3.05) is 33.4 Å². The van der Waals surface area contributed by atoms with Crippen molar-refractivity contribution in [1.82, 2.24) is 4.90 Å². The molecule has 2 aromatic carbocycles. The molecule has 2 aromatic rings. The Bertz CT molecular complexity index is 792. The van der Waals surface area contributed by atoms with E-state index in [1.165, 1.54) is 0 Å². The molecule has 0 aliphatic carbocycles. The number of likely N-dealkylation sites (tertiary alicyclic amines) is 1. The highest BCUT2D eigenvalue weighted by atomic mass is 35.5. The number of carboxylic acids is 1. The van der Waals surface area contributed by atoms with E-state index >= 15 is 0 Å². The van der Waals surface area contributed by atoms with E-state index in [-0.39, 0.29) is 5.92 Å². The van der Waals surface area contributed by atoms with E-state index in [1.54, 1.807) is 13.2 Å². The van der Waals surface area contributed by atoms with E-state index in [0.29, 0.717) is 55.1 Å². The van der Waals surface area contributed by atoms with Crippen LogP contribution in [-0.4, -0.2) is 49.4 Å². The summed E-state index contributed by atoms with van der Waals surface area (Å²) >= 11 is 6.05. The largest absolute Gasteiger partial charge is 0.493 e. The highest BCUT2D eigenvalue weighted by molar-refractivity contribution is 6.32. The molecule has 0 radical (unpaired) electrons. The smallest absolute Gasteiger partial charge is 0.309 e. The van der Waals surface area contributed by atoms with Gasteiger partial charge in [0.25, 0.3) is 0 Å². The Morgan fingerprint density at radius 1 is 1.11 bits per heavy atom. The summed E-state index contributed by atoms with van der Waals surface area (Å²) in [6.07, 6.45) is 0. The minimum absolute atomic E-state index is 0.257. The van der Waals surface area contributed by atoms with E-state index in [9.17, 15) is 4.79 Å². The molecule has 1 fully saturated rings. The molecule has 1 N–H and O–H groups in total. The Morgan fingerprint density at radius 2 is 1.81 bits per heavy atom. The summed E-state index contributed by atoms with van der Waals surface area (Å²) < 4.78 is 16.8. The van der Waals surface area contributed by atoms with Gasteiger partial charge in [-0.15, -0.1) is 0 Å². The van der Waals surface area contributed by atoms with Crippen LogP contribution >= 0.6 is 11.6 Å². The topological polar surface area (TPSA) is 68.2 Å². The fraction of sp³-hybridized carbons (Fsp3) is 0.350. The number of nitrogens with zero attached hydrogens (tertiary/aromatic N) is 1. The molecule has 0 saturated carbocycles. The molecule has 6 nitrogen and oxygen atoms in total. The minimum Gasteiger partial charge on any atom is -0.493 e. The summed E-state index contributed by atoms with van der Waals surface area (Å²) in [5, 5.41) is 9.51. The first-order valence-corrected chi connectivity index (χ1v) is 9.07. The second-order valence-electron chi connectivity index (χ2n) is 6.34. The summed E-state index contributed by atoms with van der Waals surface area (Å²) in [4.78, 5) is 13.0. The lowest BCUT2D eigenvalue weighted by molar-refractivity contribution is -0.147. The number of methoxy groups -OCH3 is 1. The molecule has 27 heavy (non-hydrogen) atoms. The Balaban J connectivity index is 1.49. The van der Waals surface area contributed by atoms with Crippen molar-refractivity contribution in [1.29, 1.82) is 0 Å². The first-order valence-electron chi connectivity index (χ1n) is 8.69. The van der Waals surface area contributed by atoms with Crippen LogP contribution in [0.3, 0.4) is 0 Å². The van der Waals surface area contributed by atoms with E-state index < -0.39 is 5.97 Å². The maximum atomic E-state index is 10.9. The molecule has 1 aliphatic rings. The second-order valence-corrected chi connectivity index (χ2v) is 6.75. The number of aliphatic carboxylic acids is 1. The third kappa shape index (κ3) is 5.05. The highest BCUT2D eigenvalue weighted by Crippen LogP contribution is 2.30. The van der Waals surface area contributed by atoms with Gasteiger partial charge in [0.05, 0.1) is 18.1 Å². The zero-order chi connectivity index (χ0) is 19.2. The molecule has 0 aromatic heterocycles. The number of rotatable bonds is 9. The van der Waals surface area contributed by atoms with Crippen LogP contribution in [-0.2, 0) is 11.3 Å². The number of para-hydroxylation sites is 1. The van der Waals surface area contributed by atoms with Crippen molar-refractivity contribution >= 4 is 17.6 Å². The van der Waals surface area contributed by atoms with E-state index in [2.05, 4.69) is 4.90 Å². The maximum Gasteiger partial charge on any atom is 0.309 e. The summed E-state index contributed by atoms with van der Waals surface area (Å²) in [6.45, 7) is 2.56. The number of carboxylic acid groups (broad SMARTS) is 1. The van der Waals surface area contributed by atoms with Crippen molar-refractivity contribution < 1.29 is 24.1 Å². The zero-order valence-electron chi connectivity index (χ0n) is 15.1. The number of hydrogen-bond acceptors (Lipinski definition) is 5. The number of ether oxygens (including phenoxy) is 3. The van der Waals surface area contributed by atoms with Crippen LogP contribution in [0.2, 0.25) is 5.02 Å². The molecule has 1 saturated heterocycles. The van der Waals surface area contributed by atoms with E-state index in [0.717, 1.165) is 5.56 Å². The van der Waals surface area contributed by atoms with Crippen LogP contribution in [0.4, 0.5) is 0 Å². The predicted molar refractivity (Wildman–Crippen MR) is 102 cm³/mol. The molecule has 0 amide bonds. The Labute approximate surface area is 163 Å². The number of hydrogen-bond donors (Lipinski definition) is 1. The summed E-state index contributed by atoms with van der Waals surface area (Å²) in [7, 11) is 1.59. The SMILES string of the molecule is COc1cc(CN2CC(C(=O)O)C2)ccc1OCCOc1ccccc1Cl. The monoisotopic (exact) mass is 391 g/mol. The van der Waals surface area contributed by atoms with Gasteiger partial charge in [0.1, 0.15) is 19.0 Å². The molecule has 1 heterocycles. The van der Waals surface area contributed by atoms with Crippen LogP contribution in [0.5, 0.6) is 17.2 Å². The Hall–Kier alpha value is -2.44. The highest BCUT2D eigenvalue weighted by Gasteiger charge is 2.32. The zero-order valence-corrected chi connectivity index (χ0v) is 15.8. The molecule has 144 valence electrons. The fourth-order valence-electron chi connectivity index (χ4n) is 2.91. The average molecular weight is 392 g/mol. The Morgan fingerprint density at radius 3 is 2.48 bits per heavy atom. The standard InChI is InChI=1S/C20H22ClNO5/c1-25-19-10-14(11-22-12-15(13-22)20(23)24)6-7-18(19)27-9-8-26-17-5-3-2-4-16(17)21/h2-7,10,15H,8-9,11-13H2,1H3,(H,23,24). The Kier molecular flexibility index (Phi) is 6.42. The van der Waals surface area contributed by atoms with Crippen LogP contribution in [0.1, 0.15) is 5.56 Å². The maximum absolute atomic E-state index is 10.9. The third-order valence-corrected chi connectivity index (χ3v) is 4.69. The van der Waals surface area contributed by atoms with Crippen molar-refractivity contribution in [2.24, 2.45) is 5.92 Å². The van der Waals surface area contributed by atoms with Crippen molar-refractivity contribution in [3.8, 4) is 17.2 Å². The first kappa shape index (κ1) is 19.3. The summed E-state index contributed by atoms with van der Waals surface area (Å²) in [5.74, 6) is 0.912. The van der Waals surface area contributed by atoms with Gasteiger partial charge in [-0.3, -0.25) is 9.69 Å². The van der Waals surface area contributed by atoms with E-state index in [1.807, 2.05) is 36.4 Å². The van der Waals surface area contributed by atoms with Crippen molar-refractivity contribution in [3.05, 3.63) is 53.1 Å². The van der Waals surface area contributed by atoms with Gasteiger partial charge < -0.3 is 19.3 Å².